The highest BCUT2D eigenvalue weighted by Gasteiger charge is 2.37. The normalized spacial score (nSPS) is 20.2. The zero-order valence-corrected chi connectivity index (χ0v) is 9.78. The van der Waals surface area contributed by atoms with E-state index in [9.17, 15) is 19.2 Å². The molecule has 0 aromatic rings. The lowest BCUT2D eigenvalue weighted by molar-refractivity contribution is -0.141. The Morgan fingerprint density at radius 3 is 2.65 bits per heavy atom. The van der Waals surface area contributed by atoms with E-state index in [4.69, 9.17) is 0 Å². The van der Waals surface area contributed by atoms with Gasteiger partial charge < -0.3 is 5.32 Å². The monoisotopic (exact) mass is 241 g/mol. The van der Waals surface area contributed by atoms with Crippen LogP contribution in [0.2, 0.25) is 0 Å². The summed E-state index contributed by atoms with van der Waals surface area (Å²) in [6, 6.07) is -0.762. The van der Waals surface area contributed by atoms with Crippen LogP contribution in [0, 0.1) is 5.92 Å². The van der Waals surface area contributed by atoms with Crippen LogP contribution in [0.4, 0.5) is 4.79 Å². The number of nitrogens with one attached hydrogen (secondary N) is 2. The lowest BCUT2D eigenvalue weighted by Gasteiger charge is -2.28. The first-order chi connectivity index (χ1) is 7.97. The highest BCUT2D eigenvalue weighted by molar-refractivity contribution is 6.15. The molecule has 1 heterocycles. The number of nitrogens with zero attached hydrogens (tertiary/aromatic N) is 1. The molecule has 5 amide bonds. The number of hydrogen-bond acceptors (Lipinski definition) is 4. The lowest BCUT2D eigenvalue weighted by Crippen LogP contribution is -2.57. The molecule has 0 radical (unpaired) electrons. The van der Waals surface area contributed by atoms with Crippen LogP contribution >= 0.6 is 0 Å². The Bertz CT molecular complexity index is 367. The maximum Gasteiger partial charge on any atom is 0.330 e. The van der Waals surface area contributed by atoms with Crippen LogP contribution in [-0.4, -0.2) is 41.7 Å². The predicted octanol–water partition coefficient (Wildman–Crippen LogP) is -0.773. The van der Waals surface area contributed by atoms with Gasteiger partial charge in [-0.15, -0.1) is 0 Å². The number of rotatable bonds is 4. The van der Waals surface area contributed by atoms with Gasteiger partial charge in [0.15, 0.2) is 0 Å². The van der Waals surface area contributed by atoms with Crippen molar-refractivity contribution in [2.75, 3.05) is 13.1 Å². The minimum atomic E-state index is -0.887. The minimum absolute atomic E-state index is 0.0197. The fourth-order valence-corrected chi connectivity index (χ4v) is 1.44. The summed E-state index contributed by atoms with van der Waals surface area (Å²) in [5, 5.41) is 4.62. The zero-order chi connectivity index (χ0) is 13.0. The largest absolute Gasteiger partial charge is 0.356 e. The van der Waals surface area contributed by atoms with Gasteiger partial charge in [-0.05, 0) is 13.8 Å². The number of urea groups is 1. The van der Waals surface area contributed by atoms with E-state index in [0.717, 1.165) is 4.90 Å². The summed E-state index contributed by atoms with van der Waals surface area (Å²) in [5.74, 6) is -2.29. The molecule has 0 saturated carbocycles. The predicted molar refractivity (Wildman–Crippen MR) is 57.7 cm³/mol. The van der Waals surface area contributed by atoms with Gasteiger partial charge in [-0.2, -0.15) is 0 Å². The molecular weight excluding hydrogens is 226 g/mol. The summed E-state index contributed by atoms with van der Waals surface area (Å²) >= 11 is 0. The Morgan fingerprint density at radius 2 is 2.06 bits per heavy atom. The maximum absolute atomic E-state index is 11.6. The molecule has 0 bridgehead atoms. The van der Waals surface area contributed by atoms with Crippen molar-refractivity contribution < 1.29 is 19.2 Å². The van der Waals surface area contributed by atoms with Crippen molar-refractivity contribution in [3.63, 3.8) is 0 Å². The highest BCUT2D eigenvalue weighted by Crippen LogP contribution is 2.09. The van der Waals surface area contributed by atoms with E-state index in [1.807, 2.05) is 0 Å². The molecule has 17 heavy (non-hydrogen) atoms. The van der Waals surface area contributed by atoms with Crippen LogP contribution in [0.25, 0.3) is 0 Å². The third-order valence-electron chi connectivity index (χ3n) is 2.44. The fraction of sp³-hybridized carbons (Fsp3) is 0.600. The van der Waals surface area contributed by atoms with Crippen LogP contribution in [0.1, 0.15) is 20.3 Å². The van der Waals surface area contributed by atoms with Crippen molar-refractivity contribution in [1.82, 2.24) is 15.5 Å². The number of hydrogen-bond donors (Lipinski definition) is 2. The number of barbiturate groups is 1. The van der Waals surface area contributed by atoms with Gasteiger partial charge in [0.2, 0.25) is 17.7 Å². The molecule has 2 N–H and O–H groups in total. The molecule has 1 fully saturated rings. The second-order valence-corrected chi connectivity index (χ2v) is 3.71. The highest BCUT2D eigenvalue weighted by atomic mass is 16.2. The number of carbonyl (C=O) groups is 4. The molecule has 7 heteroatoms. The summed E-state index contributed by atoms with van der Waals surface area (Å²) in [5.41, 5.74) is 0. The van der Waals surface area contributed by atoms with Crippen LogP contribution in [0.5, 0.6) is 0 Å². The lowest BCUT2D eigenvalue weighted by atomic mass is 10.1. The van der Waals surface area contributed by atoms with E-state index in [0.29, 0.717) is 6.54 Å². The number of carbonyl (C=O) groups excluding carboxylic acids is 4. The smallest absolute Gasteiger partial charge is 0.330 e. The summed E-state index contributed by atoms with van der Waals surface area (Å²) < 4.78 is 0. The first-order valence-corrected chi connectivity index (χ1v) is 5.40. The summed E-state index contributed by atoms with van der Waals surface area (Å²) in [7, 11) is 0. The van der Waals surface area contributed by atoms with Crippen LogP contribution < -0.4 is 10.6 Å². The average molecular weight is 241 g/mol. The van der Waals surface area contributed by atoms with Crippen molar-refractivity contribution in [3.8, 4) is 0 Å². The summed E-state index contributed by atoms with van der Waals surface area (Å²) in [6.07, 6.45) is 0.0356. The third-order valence-corrected chi connectivity index (χ3v) is 2.44. The molecule has 1 aliphatic heterocycles. The number of imide groups is 2. The van der Waals surface area contributed by atoms with Gasteiger partial charge in [-0.3, -0.25) is 24.6 Å². The third kappa shape index (κ3) is 3.02. The molecule has 1 saturated heterocycles. The Labute approximate surface area is 98.5 Å². The van der Waals surface area contributed by atoms with Gasteiger partial charge in [0.05, 0.1) is 0 Å². The van der Waals surface area contributed by atoms with E-state index in [1.165, 1.54) is 6.92 Å². The molecule has 0 spiro atoms. The second-order valence-electron chi connectivity index (χ2n) is 3.71. The molecule has 0 aromatic heterocycles. The standard InChI is InChI=1S/C10H15N3O4/c1-3-11-7(14)4-5-13-9(16)6(2)8(15)12-10(13)17/h6H,3-5H2,1-2H3,(H,11,14)(H,12,15,17). The molecule has 1 aliphatic rings. The second kappa shape index (κ2) is 5.42. The SMILES string of the molecule is CCNC(=O)CCN1C(=O)NC(=O)C(C)C1=O. The van der Waals surface area contributed by atoms with Gasteiger partial charge in [0, 0.05) is 19.5 Å². The minimum Gasteiger partial charge on any atom is -0.356 e. The van der Waals surface area contributed by atoms with Crippen molar-refractivity contribution in [2.24, 2.45) is 5.92 Å². The summed E-state index contributed by atoms with van der Waals surface area (Å²) in [6.45, 7) is 3.67. The zero-order valence-electron chi connectivity index (χ0n) is 9.78. The van der Waals surface area contributed by atoms with Gasteiger partial charge in [0.1, 0.15) is 5.92 Å². The molecular formula is C10H15N3O4. The Hall–Kier alpha value is -1.92. The molecule has 0 aliphatic carbocycles. The van der Waals surface area contributed by atoms with Crippen molar-refractivity contribution in [1.29, 1.82) is 0 Å². The van der Waals surface area contributed by atoms with E-state index < -0.39 is 23.8 Å². The average Bonchev–Trinajstić information content (AvgIpc) is 2.26. The van der Waals surface area contributed by atoms with Crippen molar-refractivity contribution in [2.45, 2.75) is 20.3 Å². The van der Waals surface area contributed by atoms with E-state index in [1.54, 1.807) is 6.92 Å². The summed E-state index contributed by atoms with van der Waals surface area (Å²) in [4.78, 5) is 46.2. The topological polar surface area (TPSA) is 95.6 Å². The molecule has 1 unspecified atom stereocenters. The van der Waals surface area contributed by atoms with Crippen LogP contribution in [0.15, 0.2) is 0 Å². The van der Waals surface area contributed by atoms with Gasteiger partial charge >= 0.3 is 6.03 Å². The molecule has 0 aromatic carbocycles. The Morgan fingerprint density at radius 1 is 1.41 bits per heavy atom. The van der Waals surface area contributed by atoms with E-state index in [-0.39, 0.29) is 18.9 Å². The molecule has 7 nitrogen and oxygen atoms in total. The number of amides is 5. The Balaban J connectivity index is 2.58. The van der Waals surface area contributed by atoms with Crippen LogP contribution in [-0.2, 0) is 14.4 Å². The van der Waals surface area contributed by atoms with Crippen LogP contribution in [0.3, 0.4) is 0 Å². The van der Waals surface area contributed by atoms with Crippen molar-refractivity contribution >= 4 is 23.8 Å². The van der Waals surface area contributed by atoms with E-state index >= 15 is 0 Å². The van der Waals surface area contributed by atoms with Crippen molar-refractivity contribution in [3.05, 3.63) is 0 Å². The quantitative estimate of drug-likeness (QED) is 0.631. The molecule has 1 rings (SSSR count). The van der Waals surface area contributed by atoms with E-state index in [2.05, 4.69) is 10.6 Å². The first-order valence-electron chi connectivity index (χ1n) is 5.40. The van der Waals surface area contributed by atoms with Gasteiger partial charge in [-0.1, -0.05) is 0 Å². The first kappa shape index (κ1) is 13.1. The van der Waals surface area contributed by atoms with Gasteiger partial charge in [-0.25, -0.2) is 4.79 Å². The molecule has 94 valence electrons. The molecule has 1 atom stereocenters. The Kier molecular flexibility index (Phi) is 4.19. The fourth-order valence-electron chi connectivity index (χ4n) is 1.44. The maximum atomic E-state index is 11.6. The van der Waals surface area contributed by atoms with Gasteiger partial charge in [0.25, 0.3) is 0 Å².